The number of aromatic nitrogens is 1. The summed E-state index contributed by atoms with van der Waals surface area (Å²) in [5.74, 6) is 0.973. The van der Waals surface area contributed by atoms with Crippen LogP contribution in [0.3, 0.4) is 0 Å². The van der Waals surface area contributed by atoms with Gasteiger partial charge >= 0.3 is 0 Å². The van der Waals surface area contributed by atoms with Crippen molar-refractivity contribution in [1.82, 2.24) is 10.3 Å². The van der Waals surface area contributed by atoms with Crippen molar-refractivity contribution in [1.29, 1.82) is 0 Å². The summed E-state index contributed by atoms with van der Waals surface area (Å²) in [6.45, 7) is 3.71. The summed E-state index contributed by atoms with van der Waals surface area (Å²) in [5, 5.41) is 4.76. The van der Waals surface area contributed by atoms with Crippen LogP contribution in [0.1, 0.15) is 43.0 Å². The molecule has 5 nitrogen and oxygen atoms in total. The van der Waals surface area contributed by atoms with E-state index >= 15 is 0 Å². The summed E-state index contributed by atoms with van der Waals surface area (Å²) < 4.78 is 5.44. The maximum Gasteiger partial charge on any atom is 0.258 e. The minimum atomic E-state index is -0.831. The number of carbonyl (C=O) groups is 1. The van der Waals surface area contributed by atoms with Crippen molar-refractivity contribution >= 4 is 22.5 Å². The molecule has 5 heteroatoms. The quantitative estimate of drug-likeness (QED) is 0.646. The zero-order valence-corrected chi connectivity index (χ0v) is 17.0. The van der Waals surface area contributed by atoms with E-state index in [4.69, 9.17) is 4.74 Å². The van der Waals surface area contributed by atoms with Crippen LogP contribution in [0, 0.1) is 0 Å². The van der Waals surface area contributed by atoms with Crippen molar-refractivity contribution in [3.8, 4) is 5.75 Å². The highest BCUT2D eigenvalue weighted by Crippen LogP contribution is 2.48. The number of carbonyl (C=O) groups excluding carboxylic acids is 1. The zero-order chi connectivity index (χ0) is 20.0. The number of H-pyrrole nitrogens is 1. The number of nitrogens with one attached hydrogen (secondary N) is 2. The first kappa shape index (κ1) is 18.3. The number of methoxy groups -OCH3 is 1. The van der Waals surface area contributed by atoms with Gasteiger partial charge in [0.1, 0.15) is 5.75 Å². The van der Waals surface area contributed by atoms with Crippen molar-refractivity contribution in [2.75, 3.05) is 25.1 Å². The number of unbranched alkanes of at least 4 members (excludes halogenated alkanes) is 2. The van der Waals surface area contributed by atoms with E-state index in [2.05, 4.69) is 35.4 Å². The van der Waals surface area contributed by atoms with Crippen LogP contribution in [0.25, 0.3) is 10.9 Å². The van der Waals surface area contributed by atoms with Crippen LogP contribution in [0.2, 0.25) is 0 Å². The number of hydrogen-bond acceptors (Lipinski definition) is 3. The molecule has 1 amide bonds. The SMILES string of the molecule is CCCCCN1C(=O)[C@@]2(NCCc3c2[nH]c2ccc(OC)cc32)c2ccccc21. The van der Waals surface area contributed by atoms with Gasteiger partial charge in [-0.1, -0.05) is 38.0 Å². The molecule has 0 unspecified atom stereocenters. The third kappa shape index (κ3) is 2.53. The minimum Gasteiger partial charge on any atom is -0.497 e. The van der Waals surface area contributed by atoms with Gasteiger partial charge in [0.15, 0.2) is 5.54 Å². The first-order valence-corrected chi connectivity index (χ1v) is 10.6. The van der Waals surface area contributed by atoms with Crippen molar-refractivity contribution in [3.63, 3.8) is 0 Å². The van der Waals surface area contributed by atoms with Crippen LogP contribution in [-0.4, -0.2) is 31.1 Å². The summed E-state index contributed by atoms with van der Waals surface area (Å²) in [4.78, 5) is 19.5. The highest BCUT2D eigenvalue weighted by atomic mass is 16.5. The number of nitrogens with zero attached hydrogens (tertiary/aromatic N) is 1. The van der Waals surface area contributed by atoms with E-state index in [0.717, 1.165) is 72.4 Å². The Morgan fingerprint density at radius 2 is 2.03 bits per heavy atom. The second-order valence-corrected chi connectivity index (χ2v) is 8.00. The van der Waals surface area contributed by atoms with Crippen LogP contribution in [0.5, 0.6) is 5.75 Å². The molecule has 5 rings (SSSR count). The van der Waals surface area contributed by atoms with Gasteiger partial charge in [-0.3, -0.25) is 10.1 Å². The summed E-state index contributed by atoms with van der Waals surface area (Å²) >= 11 is 0. The topological polar surface area (TPSA) is 57.4 Å². The third-order valence-corrected chi connectivity index (χ3v) is 6.40. The second-order valence-electron chi connectivity index (χ2n) is 8.00. The number of benzene rings is 2. The Hall–Kier alpha value is -2.79. The number of aromatic amines is 1. The Kier molecular flexibility index (Phi) is 4.36. The van der Waals surface area contributed by atoms with Crippen molar-refractivity contribution in [3.05, 3.63) is 59.3 Å². The van der Waals surface area contributed by atoms with E-state index in [-0.39, 0.29) is 5.91 Å². The van der Waals surface area contributed by atoms with Gasteiger partial charge < -0.3 is 14.6 Å². The Bertz CT molecular complexity index is 1090. The summed E-state index contributed by atoms with van der Waals surface area (Å²) in [5.41, 5.74) is 4.52. The van der Waals surface area contributed by atoms with Gasteiger partial charge in [0.05, 0.1) is 12.8 Å². The highest BCUT2D eigenvalue weighted by molar-refractivity contribution is 6.11. The molecule has 0 bridgehead atoms. The third-order valence-electron chi connectivity index (χ3n) is 6.40. The molecule has 1 aromatic heterocycles. The fourth-order valence-electron chi connectivity index (χ4n) is 5.00. The number of anilines is 1. The van der Waals surface area contributed by atoms with E-state index in [1.165, 1.54) is 5.56 Å². The first-order chi connectivity index (χ1) is 14.2. The largest absolute Gasteiger partial charge is 0.497 e. The van der Waals surface area contributed by atoms with Crippen molar-refractivity contribution < 1.29 is 9.53 Å². The normalized spacial score (nSPS) is 20.3. The lowest BCUT2D eigenvalue weighted by molar-refractivity contribution is -0.123. The number of hydrogen-bond donors (Lipinski definition) is 2. The minimum absolute atomic E-state index is 0.134. The van der Waals surface area contributed by atoms with Gasteiger partial charge in [0.2, 0.25) is 0 Å². The number of fused-ring (bicyclic) bond motifs is 6. The molecule has 2 aliphatic rings. The summed E-state index contributed by atoms with van der Waals surface area (Å²) in [7, 11) is 1.69. The van der Waals surface area contributed by atoms with Gasteiger partial charge in [-0.15, -0.1) is 0 Å². The maximum atomic E-state index is 13.9. The average molecular weight is 389 g/mol. The van der Waals surface area contributed by atoms with Gasteiger partial charge in [0, 0.05) is 35.2 Å². The summed E-state index contributed by atoms with van der Waals surface area (Å²) in [6.07, 6.45) is 4.17. The van der Waals surface area contributed by atoms with Gasteiger partial charge in [0.25, 0.3) is 5.91 Å². The van der Waals surface area contributed by atoms with Crippen molar-refractivity contribution in [2.45, 2.75) is 38.1 Å². The fraction of sp³-hybridized carbons (Fsp3) is 0.375. The predicted octanol–water partition coefficient (Wildman–Crippen LogP) is 4.10. The molecule has 2 N–H and O–H groups in total. The molecular weight excluding hydrogens is 362 g/mol. The molecule has 0 fully saturated rings. The van der Waals surface area contributed by atoms with Crippen LogP contribution in [0.4, 0.5) is 5.69 Å². The molecule has 1 spiro atoms. The van der Waals surface area contributed by atoms with Crippen LogP contribution in [0.15, 0.2) is 42.5 Å². The van der Waals surface area contributed by atoms with Gasteiger partial charge in [-0.05, 0) is 42.7 Å². The maximum absolute atomic E-state index is 13.9. The van der Waals surface area contributed by atoms with Crippen LogP contribution < -0.4 is 15.0 Å². The molecule has 3 aromatic rings. The lowest BCUT2D eigenvalue weighted by Gasteiger charge is -2.34. The highest BCUT2D eigenvalue weighted by Gasteiger charge is 2.55. The molecule has 150 valence electrons. The van der Waals surface area contributed by atoms with E-state index in [1.54, 1.807) is 7.11 Å². The fourth-order valence-corrected chi connectivity index (χ4v) is 5.00. The standard InChI is InChI=1S/C24H27N3O2/c1-3-4-7-14-27-21-9-6-5-8-19(21)24(23(27)28)22-17(12-13-25-24)18-15-16(29-2)10-11-20(18)26-22/h5-6,8-11,15,25-26H,3-4,7,12-14H2,1-2H3/t24-/m1/s1. The Balaban J connectivity index is 1.69. The molecule has 2 aromatic carbocycles. The van der Waals surface area contributed by atoms with Gasteiger partial charge in [-0.2, -0.15) is 0 Å². The lowest BCUT2D eigenvalue weighted by Crippen LogP contribution is -2.55. The van der Waals surface area contributed by atoms with Gasteiger partial charge in [-0.25, -0.2) is 0 Å². The number of rotatable bonds is 5. The smallest absolute Gasteiger partial charge is 0.258 e. The molecule has 0 saturated carbocycles. The average Bonchev–Trinajstić information content (AvgIpc) is 3.24. The van der Waals surface area contributed by atoms with E-state index in [9.17, 15) is 4.79 Å². The Labute approximate surface area is 171 Å². The van der Waals surface area contributed by atoms with E-state index < -0.39 is 5.54 Å². The monoisotopic (exact) mass is 389 g/mol. The van der Waals surface area contributed by atoms with E-state index in [0.29, 0.717) is 0 Å². The van der Waals surface area contributed by atoms with E-state index in [1.807, 2.05) is 29.2 Å². The number of amides is 1. The Morgan fingerprint density at radius 3 is 2.86 bits per heavy atom. The molecule has 1 atom stereocenters. The molecule has 29 heavy (non-hydrogen) atoms. The van der Waals surface area contributed by atoms with Crippen LogP contribution >= 0.6 is 0 Å². The van der Waals surface area contributed by atoms with Crippen molar-refractivity contribution in [2.24, 2.45) is 0 Å². The molecule has 0 radical (unpaired) electrons. The predicted molar refractivity (Wildman–Crippen MR) is 116 cm³/mol. The van der Waals surface area contributed by atoms with Crippen LogP contribution in [-0.2, 0) is 16.8 Å². The molecular formula is C24H27N3O2. The molecule has 3 heterocycles. The molecule has 0 saturated heterocycles. The zero-order valence-electron chi connectivity index (χ0n) is 17.0. The lowest BCUT2D eigenvalue weighted by atomic mass is 9.82. The Morgan fingerprint density at radius 1 is 1.17 bits per heavy atom. The molecule has 2 aliphatic heterocycles. The molecule has 0 aliphatic carbocycles. The summed E-state index contributed by atoms with van der Waals surface area (Å²) in [6, 6.07) is 14.3. The number of ether oxygens (including phenoxy) is 1. The number of para-hydroxylation sites is 1. The first-order valence-electron chi connectivity index (χ1n) is 10.6. The second kappa shape index (κ2) is 6.92.